The average molecular weight is 221 g/mol. The largest absolute Gasteiger partial charge is 0.466 e. The number of nitrogens with zero attached hydrogens (tertiary/aromatic N) is 1. The van der Waals surface area contributed by atoms with E-state index in [4.69, 9.17) is 4.74 Å². The molecule has 1 amide bonds. The quantitative estimate of drug-likeness (QED) is 0.641. The average Bonchev–Trinajstić information content (AvgIpc) is 2.34. The highest BCUT2D eigenvalue weighted by atomic mass is 16.5. The SMILES string of the molecule is CN(C=O)[C@@H](COC=O)Cc1ccccc1. The third-order valence-corrected chi connectivity index (χ3v) is 2.41. The van der Waals surface area contributed by atoms with Crippen molar-refractivity contribution in [3.63, 3.8) is 0 Å². The summed E-state index contributed by atoms with van der Waals surface area (Å²) >= 11 is 0. The van der Waals surface area contributed by atoms with Crippen LogP contribution in [0, 0.1) is 0 Å². The predicted octanol–water partition coefficient (Wildman–Crippen LogP) is 0.859. The molecule has 0 aromatic heterocycles. The summed E-state index contributed by atoms with van der Waals surface area (Å²) in [7, 11) is 1.68. The molecule has 1 rings (SSSR count). The van der Waals surface area contributed by atoms with Crippen molar-refractivity contribution in [2.75, 3.05) is 13.7 Å². The Morgan fingerprint density at radius 3 is 2.56 bits per heavy atom. The van der Waals surface area contributed by atoms with Gasteiger partial charge in [0.2, 0.25) is 6.41 Å². The molecule has 0 spiro atoms. The lowest BCUT2D eigenvalue weighted by Gasteiger charge is -2.23. The van der Waals surface area contributed by atoms with Gasteiger partial charge >= 0.3 is 0 Å². The van der Waals surface area contributed by atoms with E-state index in [1.807, 2.05) is 30.3 Å². The van der Waals surface area contributed by atoms with Crippen LogP contribution in [0.25, 0.3) is 0 Å². The lowest BCUT2D eigenvalue weighted by molar-refractivity contribution is -0.132. The molecule has 0 heterocycles. The van der Waals surface area contributed by atoms with E-state index in [2.05, 4.69) is 0 Å². The Morgan fingerprint density at radius 2 is 2.00 bits per heavy atom. The van der Waals surface area contributed by atoms with Gasteiger partial charge in [-0.05, 0) is 12.0 Å². The molecule has 1 aromatic rings. The molecule has 0 saturated carbocycles. The number of hydrogen-bond acceptors (Lipinski definition) is 3. The van der Waals surface area contributed by atoms with Crippen LogP contribution >= 0.6 is 0 Å². The van der Waals surface area contributed by atoms with Crippen LogP contribution in [-0.4, -0.2) is 37.5 Å². The van der Waals surface area contributed by atoms with Crippen molar-refractivity contribution in [3.8, 4) is 0 Å². The zero-order valence-corrected chi connectivity index (χ0v) is 9.20. The molecule has 0 saturated heterocycles. The Hall–Kier alpha value is -1.84. The van der Waals surface area contributed by atoms with Gasteiger partial charge in [0.1, 0.15) is 6.61 Å². The predicted molar refractivity (Wildman–Crippen MR) is 59.8 cm³/mol. The molecule has 4 nitrogen and oxygen atoms in total. The van der Waals surface area contributed by atoms with E-state index in [9.17, 15) is 9.59 Å². The van der Waals surface area contributed by atoms with Crippen LogP contribution in [0.2, 0.25) is 0 Å². The molecule has 16 heavy (non-hydrogen) atoms. The third kappa shape index (κ3) is 3.73. The van der Waals surface area contributed by atoms with Crippen LogP contribution in [0.1, 0.15) is 5.56 Å². The van der Waals surface area contributed by atoms with E-state index in [0.29, 0.717) is 12.9 Å². The molecule has 0 fully saturated rings. The molecule has 1 aromatic carbocycles. The van der Waals surface area contributed by atoms with Crippen molar-refractivity contribution in [2.45, 2.75) is 12.5 Å². The summed E-state index contributed by atoms with van der Waals surface area (Å²) in [6.07, 6.45) is 1.41. The molecular formula is C12H15NO3. The second kappa shape index (κ2) is 6.61. The third-order valence-electron chi connectivity index (χ3n) is 2.41. The second-order valence-corrected chi connectivity index (χ2v) is 3.54. The molecule has 0 aliphatic carbocycles. The van der Waals surface area contributed by atoms with Crippen LogP contribution in [0.3, 0.4) is 0 Å². The van der Waals surface area contributed by atoms with Crippen LogP contribution in [0.4, 0.5) is 0 Å². The van der Waals surface area contributed by atoms with Gasteiger partial charge in [-0.2, -0.15) is 0 Å². The van der Waals surface area contributed by atoms with E-state index >= 15 is 0 Å². The minimum absolute atomic E-state index is 0.120. The minimum atomic E-state index is -0.120. The number of carbonyl (C=O) groups is 2. The number of hydrogen-bond donors (Lipinski definition) is 0. The Kier molecular flexibility index (Phi) is 5.05. The van der Waals surface area contributed by atoms with Crippen LogP contribution in [0.5, 0.6) is 0 Å². The number of amides is 1. The topological polar surface area (TPSA) is 46.6 Å². The Bertz CT molecular complexity index is 326. The highest BCUT2D eigenvalue weighted by Crippen LogP contribution is 2.07. The smallest absolute Gasteiger partial charge is 0.293 e. The molecule has 0 radical (unpaired) electrons. The van der Waals surface area contributed by atoms with Crippen molar-refractivity contribution in [1.82, 2.24) is 4.90 Å². The summed E-state index contributed by atoms with van der Waals surface area (Å²) < 4.78 is 4.71. The zero-order valence-electron chi connectivity index (χ0n) is 9.20. The summed E-state index contributed by atoms with van der Waals surface area (Å²) in [6, 6.07) is 9.65. The van der Waals surface area contributed by atoms with Gasteiger partial charge in [-0.25, -0.2) is 0 Å². The summed E-state index contributed by atoms with van der Waals surface area (Å²) in [5, 5.41) is 0. The lowest BCUT2D eigenvalue weighted by Crippen LogP contribution is -2.36. The Morgan fingerprint density at radius 1 is 1.31 bits per heavy atom. The summed E-state index contributed by atoms with van der Waals surface area (Å²) in [6.45, 7) is 0.615. The molecule has 4 heteroatoms. The Labute approximate surface area is 94.8 Å². The van der Waals surface area contributed by atoms with E-state index in [1.54, 1.807) is 7.05 Å². The van der Waals surface area contributed by atoms with Gasteiger partial charge in [0, 0.05) is 7.05 Å². The fourth-order valence-electron chi connectivity index (χ4n) is 1.44. The minimum Gasteiger partial charge on any atom is -0.466 e. The first-order valence-corrected chi connectivity index (χ1v) is 5.04. The lowest BCUT2D eigenvalue weighted by atomic mass is 10.1. The maximum Gasteiger partial charge on any atom is 0.293 e. The fourth-order valence-corrected chi connectivity index (χ4v) is 1.44. The number of likely N-dealkylation sites (N-methyl/N-ethyl adjacent to an activating group) is 1. The molecule has 1 atom stereocenters. The summed E-state index contributed by atoms with van der Waals surface area (Å²) in [4.78, 5) is 22.3. The first kappa shape index (κ1) is 12.2. The first-order valence-electron chi connectivity index (χ1n) is 5.04. The van der Waals surface area contributed by atoms with E-state index < -0.39 is 0 Å². The van der Waals surface area contributed by atoms with Crippen molar-refractivity contribution >= 4 is 12.9 Å². The second-order valence-electron chi connectivity index (χ2n) is 3.54. The first-order chi connectivity index (χ1) is 7.77. The van der Waals surface area contributed by atoms with E-state index in [0.717, 1.165) is 12.0 Å². The molecular weight excluding hydrogens is 206 g/mol. The maximum absolute atomic E-state index is 10.7. The number of carbonyl (C=O) groups excluding carboxylic acids is 2. The zero-order chi connectivity index (χ0) is 11.8. The fraction of sp³-hybridized carbons (Fsp3) is 0.333. The van der Waals surface area contributed by atoms with Gasteiger partial charge < -0.3 is 9.64 Å². The summed E-state index contributed by atoms with van der Waals surface area (Å²) in [5.41, 5.74) is 1.11. The number of ether oxygens (including phenoxy) is 1. The maximum atomic E-state index is 10.7. The normalized spacial score (nSPS) is 11.6. The van der Waals surface area contributed by atoms with Gasteiger partial charge in [0.05, 0.1) is 6.04 Å². The molecule has 0 aliphatic heterocycles. The van der Waals surface area contributed by atoms with Crippen molar-refractivity contribution in [2.24, 2.45) is 0 Å². The molecule has 86 valence electrons. The number of benzene rings is 1. The monoisotopic (exact) mass is 221 g/mol. The van der Waals surface area contributed by atoms with Gasteiger partial charge in [0.15, 0.2) is 0 Å². The highest BCUT2D eigenvalue weighted by Gasteiger charge is 2.14. The molecule has 0 aliphatic rings. The van der Waals surface area contributed by atoms with Crippen molar-refractivity contribution in [3.05, 3.63) is 35.9 Å². The molecule has 0 bridgehead atoms. The highest BCUT2D eigenvalue weighted by molar-refractivity contribution is 5.47. The van der Waals surface area contributed by atoms with Gasteiger partial charge in [-0.3, -0.25) is 9.59 Å². The van der Waals surface area contributed by atoms with Crippen LogP contribution < -0.4 is 0 Å². The summed E-state index contributed by atoms with van der Waals surface area (Å²) in [5.74, 6) is 0. The van der Waals surface area contributed by atoms with Crippen LogP contribution in [0.15, 0.2) is 30.3 Å². The van der Waals surface area contributed by atoms with Crippen LogP contribution in [-0.2, 0) is 20.7 Å². The van der Waals surface area contributed by atoms with Gasteiger partial charge in [-0.15, -0.1) is 0 Å². The van der Waals surface area contributed by atoms with E-state index in [1.165, 1.54) is 4.90 Å². The van der Waals surface area contributed by atoms with Gasteiger partial charge in [-0.1, -0.05) is 30.3 Å². The molecule has 0 unspecified atom stereocenters. The van der Waals surface area contributed by atoms with Crippen molar-refractivity contribution in [1.29, 1.82) is 0 Å². The Balaban J connectivity index is 2.62. The number of rotatable bonds is 7. The van der Waals surface area contributed by atoms with Crippen molar-refractivity contribution < 1.29 is 14.3 Å². The van der Waals surface area contributed by atoms with E-state index in [-0.39, 0.29) is 12.6 Å². The van der Waals surface area contributed by atoms with Gasteiger partial charge in [0.25, 0.3) is 6.47 Å². The molecule has 0 N–H and O–H groups in total. The standard InChI is InChI=1S/C12H15NO3/c1-13(9-14)12(8-16-10-15)7-11-5-3-2-4-6-11/h2-6,9-10,12H,7-8H2,1H3/t12-/m1/s1.